The Balaban J connectivity index is 1.81. The molecule has 1 aromatic carbocycles. The molecule has 2 rings (SSSR count). The average molecular weight is 291 g/mol. The molecule has 0 aliphatic heterocycles. The normalized spacial score (nSPS) is 10.7. The van der Waals surface area contributed by atoms with Gasteiger partial charge in [0.1, 0.15) is 15.8 Å². The third-order valence-electron chi connectivity index (χ3n) is 3.06. The molecule has 1 N–H and O–H groups in total. The highest BCUT2D eigenvalue weighted by Crippen LogP contribution is 2.15. The molecule has 0 saturated heterocycles. The minimum Gasteiger partial charge on any atom is -0.497 e. The molecule has 0 unspecified atom stereocenters. The van der Waals surface area contributed by atoms with Gasteiger partial charge >= 0.3 is 0 Å². The van der Waals surface area contributed by atoms with Crippen molar-refractivity contribution in [2.75, 3.05) is 20.2 Å². The highest BCUT2D eigenvalue weighted by atomic mass is 32.1. The molecule has 1 heterocycles. The molecular formula is C15H21N3OS. The zero-order chi connectivity index (χ0) is 14.2. The van der Waals surface area contributed by atoms with E-state index in [1.165, 1.54) is 5.56 Å². The molecule has 0 radical (unpaired) electrons. The van der Waals surface area contributed by atoms with Crippen molar-refractivity contribution in [1.29, 1.82) is 0 Å². The molecule has 20 heavy (non-hydrogen) atoms. The van der Waals surface area contributed by atoms with Gasteiger partial charge in [0.05, 0.1) is 7.11 Å². The Morgan fingerprint density at radius 2 is 1.75 bits per heavy atom. The van der Waals surface area contributed by atoms with E-state index < -0.39 is 0 Å². The van der Waals surface area contributed by atoms with Gasteiger partial charge < -0.3 is 10.1 Å². The van der Waals surface area contributed by atoms with Crippen LogP contribution >= 0.6 is 11.3 Å². The lowest BCUT2D eigenvalue weighted by atomic mass is 10.1. The van der Waals surface area contributed by atoms with Crippen LogP contribution in [-0.2, 0) is 19.3 Å². The van der Waals surface area contributed by atoms with Crippen molar-refractivity contribution in [3.8, 4) is 5.75 Å². The minimum absolute atomic E-state index is 0.898. The van der Waals surface area contributed by atoms with E-state index in [4.69, 9.17) is 4.74 Å². The second kappa shape index (κ2) is 7.97. The molecular weight excluding hydrogens is 270 g/mol. The molecule has 0 fully saturated rings. The van der Waals surface area contributed by atoms with Gasteiger partial charge in [0.25, 0.3) is 0 Å². The van der Waals surface area contributed by atoms with Gasteiger partial charge in [-0.3, -0.25) is 0 Å². The first-order valence-corrected chi connectivity index (χ1v) is 7.78. The number of methoxy groups -OCH3 is 1. The zero-order valence-electron chi connectivity index (χ0n) is 12.1. The van der Waals surface area contributed by atoms with Crippen molar-refractivity contribution in [2.45, 2.75) is 26.2 Å². The topological polar surface area (TPSA) is 47.0 Å². The van der Waals surface area contributed by atoms with Gasteiger partial charge in [-0.15, -0.1) is 21.5 Å². The quantitative estimate of drug-likeness (QED) is 0.759. The fourth-order valence-electron chi connectivity index (χ4n) is 1.91. The van der Waals surface area contributed by atoms with Crippen LogP contribution in [0, 0.1) is 0 Å². The highest BCUT2D eigenvalue weighted by Gasteiger charge is 2.04. The summed E-state index contributed by atoms with van der Waals surface area (Å²) in [4.78, 5) is 0. The Labute approximate surface area is 124 Å². The van der Waals surface area contributed by atoms with Crippen LogP contribution in [0.3, 0.4) is 0 Å². The first-order valence-electron chi connectivity index (χ1n) is 6.96. The molecule has 0 aliphatic carbocycles. The second-order valence-corrected chi connectivity index (χ2v) is 5.69. The van der Waals surface area contributed by atoms with Crippen molar-refractivity contribution >= 4 is 11.3 Å². The summed E-state index contributed by atoms with van der Waals surface area (Å²) in [6.07, 6.45) is 2.91. The van der Waals surface area contributed by atoms with Crippen LogP contribution < -0.4 is 10.1 Å². The predicted molar refractivity (Wildman–Crippen MR) is 82.6 cm³/mol. The molecule has 0 bridgehead atoms. The maximum absolute atomic E-state index is 5.16. The molecule has 5 heteroatoms. The van der Waals surface area contributed by atoms with Crippen molar-refractivity contribution < 1.29 is 4.74 Å². The SMILES string of the molecule is CCNCCc1nnc(CCc2ccc(OC)cc2)s1. The van der Waals surface area contributed by atoms with Crippen molar-refractivity contribution in [2.24, 2.45) is 0 Å². The Morgan fingerprint density at radius 1 is 1.05 bits per heavy atom. The summed E-state index contributed by atoms with van der Waals surface area (Å²) in [6, 6.07) is 8.20. The summed E-state index contributed by atoms with van der Waals surface area (Å²) in [5, 5.41) is 14.0. The number of hydrogen-bond acceptors (Lipinski definition) is 5. The van der Waals surface area contributed by atoms with E-state index in [-0.39, 0.29) is 0 Å². The van der Waals surface area contributed by atoms with Crippen LogP contribution in [0.15, 0.2) is 24.3 Å². The molecule has 4 nitrogen and oxygen atoms in total. The van der Waals surface area contributed by atoms with Crippen LogP contribution in [0.5, 0.6) is 5.75 Å². The molecule has 0 amide bonds. The van der Waals surface area contributed by atoms with E-state index in [2.05, 4.69) is 34.6 Å². The zero-order valence-corrected chi connectivity index (χ0v) is 12.9. The molecule has 0 atom stereocenters. The number of aromatic nitrogens is 2. The number of aryl methyl sites for hydroxylation is 2. The number of nitrogens with one attached hydrogen (secondary N) is 1. The van der Waals surface area contributed by atoms with Crippen LogP contribution in [0.1, 0.15) is 22.5 Å². The Morgan fingerprint density at radius 3 is 2.40 bits per heavy atom. The number of ether oxygens (including phenoxy) is 1. The van der Waals surface area contributed by atoms with Crippen LogP contribution in [-0.4, -0.2) is 30.4 Å². The predicted octanol–water partition coefficient (Wildman–Crippen LogP) is 2.48. The van der Waals surface area contributed by atoms with Crippen molar-refractivity contribution in [1.82, 2.24) is 15.5 Å². The second-order valence-electron chi connectivity index (χ2n) is 4.54. The standard InChI is InChI=1S/C15H21N3OS/c1-3-16-11-10-15-18-17-14(20-15)9-6-12-4-7-13(19-2)8-5-12/h4-5,7-8,16H,3,6,9-11H2,1-2H3. The molecule has 1 aromatic heterocycles. The maximum Gasteiger partial charge on any atom is 0.118 e. The van der Waals surface area contributed by atoms with Crippen LogP contribution in [0.2, 0.25) is 0 Å². The molecule has 2 aromatic rings. The fraction of sp³-hybridized carbons (Fsp3) is 0.467. The van der Waals surface area contributed by atoms with Gasteiger partial charge in [-0.05, 0) is 30.7 Å². The summed E-state index contributed by atoms with van der Waals surface area (Å²) in [6.45, 7) is 4.09. The highest BCUT2D eigenvalue weighted by molar-refractivity contribution is 7.11. The van der Waals surface area contributed by atoms with Crippen molar-refractivity contribution in [3.05, 3.63) is 39.8 Å². The van der Waals surface area contributed by atoms with E-state index in [9.17, 15) is 0 Å². The minimum atomic E-state index is 0.898. The number of benzene rings is 1. The molecule has 0 saturated carbocycles. The summed E-state index contributed by atoms with van der Waals surface area (Å²) >= 11 is 1.72. The fourth-order valence-corrected chi connectivity index (χ4v) is 2.75. The van der Waals surface area contributed by atoms with E-state index in [1.807, 2.05) is 12.1 Å². The first-order chi connectivity index (χ1) is 9.81. The van der Waals surface area contributed by atoms with Crippen LogP contribution in [0.4, 0.5) is 0 Å². The van der Waals surface area contributed by atoms with E-state index >= 15 is 0 Å². The summed E-state index contributed by atoms with van der Waals surface area (Å²) in [5.41, 5.74) is 1.30. The van der Waals surface area contributed by atoms with Gasteiger partial charge in [-0.2, -0.15) is 0 Å². The first kappa shape index (κ1) is 14.9. The van der Waals surface area contributed by atoms with E-state index in [0.717, 1.165) is 48.1 Å². The Kier molecular flexibility index (Phi) is 5.95. The van der Waals surface area contributed by atoms with Gasteiger partial charge in [0, 0.05) is 19.4 Å². The number of rotatable bonds is 8. The number of likely N-dealkylation sites (N-methyl/N-ethyl adjacent to an activating group) is 1. The third kappa shape index (κ3) is 4.58. The van der Waals surface area contributed by atoms with Crippen molar-refractivity contribution in [3.63, 3.8) is 0 Å². The summed E-state index contributed by atoms with van der Waals surface area (Å²) in [7, 11) is 1.69. The largest absolute Gasteiger partial charge is 0.497 e. The number of nitrogens with zero attached hydrogens (tertiary/aromatic N) is 2. The molecule has 0 aliphatic rings. The maximum atomic E-state index is 5.16. The van der Waals surface area contributed by atoms with Gasteiger partial charge in [-0.1, -0.05) is 19.1 Å². The smallest absolute Gasteiger partial charge is 0.118 e. The van der Waals surface area contributed by atoms with E-state index in [0.29, 0.717) is 0 Å². The molecule has 108 valence electrons. The lowest BCUT2D eigenvalue weighted by molar-refractivity contribution is 0.414. The lowest BCUT2D eigenvalue weighted by Crippen LogP contribution is -2.15. The Hall–Kier alpha value is -1.46. The third-order valence-corrected chi connectivity index (χ3v) is 4.10. The monoisotopic (exact) mass is 291 g/mol. The van der Waals surface area contributed by atoms with Gasteiger partial charge in [0.2, 0.25) is 0 Å². The lowest BCUT2D eigenvalue weighted by Gasteiger charge is -2.01. The average Bonchev–Trinajstić information content (AvgIpc) is 2.94. The van der Waals surface area contributed by atoms with Crippen LogP contribution in [0.25, 0.3) is 0 Å². The molecule has 0 spiro atoms. The van der Waals surface area contributed by atoms with Gasteiger partial charge in [-0.25, -0.2) is 0 Å². The number of hydrogen-bond donors (Lipinski definition) is 1. The summed E-state index contributed by atoms with van der Waals surface area (Å²) < 4.78 is 5.16. The van der Waals surface area contributed by atoms with E-state index in [1.54, 1.807) is 18.4 Å². The van der Waals surface area contributed by atoms with Gasteiger partial charge in [0.15, 0.2) is 0 Å². The summed E-state index contributed by atoms with van der Waals surface area (Å²) in [5.74, 6) is 0.898. The Bertz CT molecular complexity index is 510.